The zero-order valence-corrected chi connectivity index (χ0v) is 13.0. The maximum absolute atomic E-state index is 11.5. The quantitative estimate of drug-likeness (QED) is 0.836. The topological polar surface area (TPSA) is 99.9 Å². The average Bonchev–Trinajstić information content (AvgIpc) is 2.48. The molecule has 0 aliphatic heterocycles. The Bertz CT molecular complexity index is 829. The highest BCUT2D eigenvalue weighted by Crippen LogP contribution is 2.24. The second-order valence-corrected chi connectivity index (χ2v) is 6.83. The minimum Gasteiger partial charge on any atom is -0.505 e. The van der Waals surface area contributed by atoms with Crippen molar-refractivity contribution in [3.05, 3.63) is 47.3 Å². The van der Waals surface area contributed by atoms with E-state index in [1.807, 2.05) is 0 Å². The Morgan fingerprint density at radius 1 is 1.36 bits per heavy atom. The minimum absolute atomic E-state index is 0.0606. The molecule has 1 aromatic carbocycles. The third-order valence-corrected chi connectivity index (χ3v) is 4.23. The Hall–Kier alpha value is -2.25. The first kappa shape index (κ1) is 16.1. The molecule has 0 amide bonds. The van der Waals surface area contributed by atoms with Gasteiger partial charge < -0.3 is 10.2 Å². The molecule has 2 rings (SSSR count). The summed E-state index contributed by atoms with van der Waals surface area (Å²) in [6, 6.07) is 6.17. The predicted molar refractivity (Wildman–Crippen MR) is 83.4 cm³/mol. The number of aliphatic hydroxyl groups excluding tert-OH is 1. The van der Waals surface area contributed by atoms with Crippen molar-refractivity contribution in [3.63, 3.8) is 0 Å². The van der Waals surface area contributed by atoms with E-state index in [4.69, 9.17) is 0 Å². The molecule has 0 aliphatic rings. The predicted octanol–water partition coefficient (Wildman–Crippen LogP) is 1.74. The molecule has 0 aliphatic carbocycles. The van der Waals surface area contributed by atoms with Gasteiger partial charge >= 0.3 is 0 Å². The maximum atomic E-state index is 11.5. The van der Waals surface area contributed by atoms with E-state index in [9.17, 15) is 18.6 Å². The van der Waals surface area contributed by atoms with E-state index in [2.05, 4.69) is 9.98 Å². The van der Waals surface area contributed by atoms with Crippen LogP contribution in [0.2, 0.25) is 0 Å². The minimum atomic E-state index is -3.31. The summed E-state index contributed by atoms with van der Waals surface area (Å²) >= 11 is 0. The van der Waals surface area contributed by atoms with Crippen LogP contribution in [0.15, 0.2) is 40.4 Å². The summed E-state index contributed by atoms with van der Waals surface area (Å²) < 4.78 is 23.1. The summed E-state index contributed by atoms with van der Waals surface area (Å²) in [6.45, 7) is 1.35. The number of rotatable bonds is 4. The van der Waals surface area contributed by atoms with Gasteiger partial charge in [0, 0.05) is 29.8 Å². The van der Waals surface area contributed by atoms with Gasteiger partial charge in [0.25, 0.3) is 0 Å². The lowest BCUT2D eigenvalue weighted by molar-refractivity contribution is 0.280. The Morgan fingerprint density at radius 2 is 2.09 bits per heavy atom. The Balaban J connectivity index is 2.44. The summed E-state index contributed by atoms with van der Waals surface area (Å²) in [5, 5.41) is 19.3. The summed E-state index contributed by atoms with van der Waals surface area (Å²) in [5.74, 6) is -0.0606. The van der Waals surface area contributed by atoms with Crippen molar-refractivity contribution < 1.29 is 18.6 Å². The van der Waals surface area contributed by atoms with E-state index in [1.54, 1.807) is 19.1 Å². The Labute approximate surface area is 128 Å². The highest BCUT2D eigenvalue weighted by molar-refractivity contribution is 7.90. The number of pyridine rings is 1. The van der Waals surface area contributed by atoms with Crippen molar-refractivity contribution in [2.75, 3.05) is 6.26 Å². The van der Waals surface area contributed by atoms with Crippen LogP contribution in [0.1, 0.15) is 16.8 Å². The zero-order valence-electron chi connectivity index (χ0n) is 12.2. The van der Waals surface area contributed by atoms with Crippen LogP contribution in [0.3, 0.4) is 0 Å². The molecule has 0 unspecified atom stereocenters. The number of nitrogens with zero attached hydrogens (tertiary/aromatic N) is 2. The number of sulfone groups is 1. The molecular weight excluding hydrogens is 304 g/mol. The van der Waals surface area contributed by atoms with Crippen LogP contribution >= 0.6 is 0 Å². The highest BCUT2D eigenvalue weighted by Gasteiger charge is 2.10. The number of aromatic hydroxyl groups is 1. The van der Waals surface area contributed by atoms with Gasteiger partial charge in [0.05, 0.1) is 22.9 Å². The van der Waals surface area contributed by atoms with E-state index in [1.165, 1.54) is 24.5 Å². The lowest BCUT2D eigenvalue weighted by atomic mass is 10.1. The van der Waals surface area contributed by atoms with Gasteiger partial charge in [-0.05, 0) is 25.1 Å². The first-order valence-corrected chi connectivity index (χ1v) is 8.34. The molecule has 1 aromatic heterocycles. The van der Waals surface area contributed by atoms with Crippen LogP contribution in [-0.4, -0.2) is 36.1 Å². The lowest BCUT2D eigenvalue weighted by Gasteiger charge is -2.07. The van der Waals surface area contributed by atoms with E-state index in [0.717, 1.165) is 6.26 Å². The fourth-order valence-electron chi connectivity index (χ4n) is 1.86. The van der Waals surface area contributed by atoms with Crippen LogP contribution in [0.5, 0.6) is 5.75 Å². The second-order valence-electron chi connectivity index (χ2n) is 4.82. The fourth-order valence-corrected chi connectivity index (χ4v) is 2.52. The van der Waals surface area contributed by atoms with Crippen LogP contribution in [0.25, 0.3) is 0 Å². The van der Waals surface area contributed by atoms with E-state index >= 15 is 0 Å². The summed E-state index contributed by atoms with van der Waals surface area (Å²) in [4.78, 5) is 8.30. The molecule has 0 saturated heterocycles. The third kappa shape index (κ3) is 3.49. The van der Waals surface area contributed by atoms with Crippen LogP contribution < -0.4 is 0 Å². The largest absolute Gasteiger partial charge is 0.505 e. The average molecular weight is 320 g/mol. The van der Waals surface area contributed by atoms with Gasteiger partial charge in [0.15, 0.2) is 9.84 Å². The standard InChI is InChI=1S/C15H16N2O4S/c1-10-15(19)14(11(9-18)7-16-10)8-17-12-4-3-5-13(6-12)22(2,20)21/h3-8,18-19H,9H2,1-2H3. The normalized spacial score (nSPS) is 12.0. The molecule has 0 bridgehead atoms. The Kier molecular flexibility index (Phi) is 4.58. The van der Waals surface area contributed by atoms with Gasteiger partial charge in [-0.1, -0.05) is 6.07 Å². The number of aliphatic hydroxyl groups is 1. The van der Waals surface area contributed by atoms with Crippen LogP contribution in [0, 0.1) is 6.92 Å². The van der Waals surface area contributed by atoms with E-state index in [-0.39, 0.29) is 17.3 Å². The van der Waals surface area contributed by atoms with Gasteiger partial charge in [-0.2, -0.15) is 0 Å². The SMILES string of the molecule is Cc1ncc(CO)c(C=Nc2cccc(S(C)(=O)=O)c2)c1O. The molecule has 6 nitrogen and oxygen atoms in total. The first-order valence-electron chi connectivity index (χ1n) is 6.45. The smallest absolute Gasteiger partial charge is 0.175 e. The van der Waals surface area contributed by atoms with Crippen molar-refractivity contribution >= 4 is 21.7 Å². The third-order valence-electron chi connectivity index (χ3n) is 3.12. The number of hydrogen-bond donors (Lipinski definition) is 2. The summed E-state index contributed by atoms with van der Waals surface area (Å²) in [6.07, 6.45) is 3.97. The molecular formula is C15H16N2O4S. The summed E-state index contributed by atoms with van der Waals surface area (Å²) in [5.41, 5.74) is 1.65. The molecule has 22 heavy (non-hydrogen) atoms. The van der Waals surface area contributed by atoms with Crippen molar-refractivity contribution in [3.8, 4) is 5.75 Å². The summed E-state index contributed by atoms with van der Waals surface area (Å²) in [7, 11) is -3.31. The highest BCUT2D eigenvalue weighted by atomic mass is 32.2. The monoisotopic (exact) mass is 320 g/mol. The molecule has 7 heteroatoms. The van der Waals surface area contributed by atoms with Gasteiger partial charge in [0.2, 0.25) is 0 Å². The maximum Gasteiger partial charge on any atom is 0.175 e. The van der Waals surface area contributed by atoms with E-state index < -0.39 is 9.84 Å². The first-order chi connectivity index (χ1) is 10.3. The van der Waals surface area contributed by atoms with E-state index in [0.29, 0.717) is 22.5 Å². The number of aliphatic imine (C=N–C) groups is 1. The van der Waals surface area contributed by atoms with Crippen LogP contribution in [-0.2, 0) is 16.4 Å². The number of benzene rings is 1. The molecule has 2 N–H and O–H groups in total. The van der Waals surface area contributed by atoms with Crippen molar-refractivity contribution in [1.29, 1.82) is 0 Å². The van der Waals surface area contributed by atoms with Crippen molar-refractivity contribution in [2.45, 2.75) is 18.4 Å². The lowest BCUT2D eigenvalue weighted by Crippen LogP contribution is -1.98. The number of aryl methyl sites for hydroxylation is 1. The van der Waals surface area contributed by atoms with Gasteiger partial charge in [-0.3, -0.25) is 9.98 Å². The number of hydrogen-bond acceptors (Lipinski definition) is 6. The number of aromatic nitrogens is 1. The van der Waals surface area contributed by atoms with Crippen molar-refractivity contribution in [1.82, 2.24) is 4.98 Å². The second kappa shape index (κ2) is 6.25. The molecule has 116 valence electrons. The Morgan fingerprint density at radius 3 is 2.73 bits per heavy atom. The molecule has 1 heterocycles. The molecule has 0 atom stereocenters. The zero-order chi connectivity index (χ0) is 16.3. The van der Waals surface area contributed by atoms with Crippen LogP contribution in [0.4, 0.5) is 5.69 Å². The van der Waals surface area contributed by atoms with Crippen molar-refractivity contribution in [2.24, 2.45) is 4.99 Å². The molecule has 0 fully saturated rings. The molecule has 0 radical (unpaired) electrons. The fraction of sp³-hybridized carbons (Fsp3) is 0.200. The van der Waals surface area contributed by atoms with Gasteiger partial charge in [-0.15, -0.1) is 0 Å². The molecule has 0 saturated carbocycles. The molecule has 2 aromatic rings. The van der Waals surface area contributed by atoms with Gasteiger partial charge in [0.1, 0.15) is 5.75 Å². The van der Waals surface area contributed by atoms with Gasteiger partial charge in [-0.25, -0.2) is 8.42 Å². The molecule has 0 spiro atoms.